The molecule has 160 valence electrons. The Morgan fingerprint density at radius 3 is 2.40 bits per heavy atom. The zero-order valence-corrected chi connectivity index (χ0v) is 19.6. The summed E-state index contributed by atoms with van der Waals surface area (Å²) in [6.45, 7) is 8.49. The minimum Gasteiger partial charge on any atom is -0.409 e. The second-order valence-electron chi connectivity index (χ2n) is 7.09. The molecule has 1 saturated heterocycles. The second-order valence-corrected chi connectivity index (χ2v) is 11.6. The smallest absolute Gasteiger partial charge is 0.409 e. The molecule has 9 heteroatoms. The summed E-state index contributed by atoms with van der Waals surface area (Å²) in [7, 11) is 0. The Morgan fingerprint density at radius 1 is 1.10 bits per heavy atom. The van der Waals surface area contributed by atoms with E-state index in [4.69, 9.17) is 32.9 Å². The zero-order valence-electron chi connectivity index (χ0n) is 17.1. The minimum absolute atomic E-state index is 0.448. The molecule has 1 amide bonds. The number of ether oxygens (including phenoxy) is 2. The third kappa shape index (κ3) is 3.74. The molecule has 0 aromatic heterocycles. The van der Waals surface area contributed by atoms with Crippen molar-refractivity contribution in [3.05, 3.63) is 47.5 Å². The Balaban J connectivity index is 1.86. The van der Waals surface area contributed by atoms with Gasteiger partial charge in [-0.2, -0.15) is 0 Å². The quantitative estimate of drug-likeness (QED) is 0.607. The number of carbonyl (C=O) groups excluding carboxylic acids is 1. The van der Waals surface area contributed by atoms with Gasteiger partial charge in [0.15, 0.2) is 0 Å². The van der Waals surface area contributed by atoms with Gasteiger partial charge in [0.2, 0.25) is 0 Å². The van der Waals surface area contributed by atoms with Crippen molar-refractivity contribution in [2.24, 2.45) is 0 Å². The van der Waals surface area contributed by atoms with E-state index in [1.165, 1.54) is 0 Å². The lowest BCUT2D eigenvalue weighted by Gasteiger charge is -2.46. The SMILES string of the molecule is CCN(CC)c1ccc2c(c1)OC(=O)N(c1ccc(Cl)cc1)[P@@]2(=S)N1CCOCC1. The van der Waals surface area contributed by atoms with E-state index >= 15 is 0 Å². The highest BCUT2D eigenvalue weighted by molar-refractivity contribution is 8.18. The summed E-state index contributed by atoms with van der Waals surface area (Å²) in [6.07, 6.45) is -3.11. The summed E-state index contributed by atoms with van der Waals surface area (Å²) in [5.74, 6) is 0.560. The topological polar surface area (TPSA) is 45.2 Å². The van der Waals surface area contributed by atoms with Crippen molar-refractivity contribution in [1.82, 2.24) is 4.67 Å². The van der Waals surface area contributed by atoms with Crippen LogP contribution in [0.5, 0.6) is 5.75 Å². The molecule has 4 rings (SSSR count). The summed E-state index contributed by atoms with van der Waals surface area (Å²) in [6, 6.07) is 13.2. The van der Waals surface area contributed by atoms with E-state index in [1.807, 2.05) is 24.3 Å². The first-order chi connectivity index (χ1) is 14.5. The van der Waals surface area contributed by atoms with Crippen molar-refractivity contribution in [2.75, 3.05) is 49.0 Å². The molecule has 0 saturated carbocycles. The molecule has 2 aliphatic heterocycles. The number of anilines is 2. The van der Waals surface area contributed by atoms with Crippen LogP contribution < -0.4 is 19.6 Å². The van der Waals surface area contributed by atoms with Gasteiger partial charge in [0.1, 0.15) is 12.1 Å². The molecule has 1 fully saturated rings. The van der Waals surface area contributed by atoms with Gasteiger partial charge in [-0.05, 0) is 50.2 Å². The van der Waals surface area contributed by atoms with Gasteiger partial charge in [0.05, 0.1) is 24.2 Å². The molecule has 6 nitrogen and oxygen atoms in total. The standard InChI is InChI=1S/C21H25ClN3O3PS/c1-3-23(4-2)18-9-10-20-19(15-18)28-21(26)25(17-7-5-16(22)6-8-17)29(20,30)24-11-13-27-14-12-24/h5-10,15H,3-4,11-14H2,1-2H3/t29-/m0/s1. The molecule has 1 atom stereocenters. The van der Waals surface area contributed by atoms with Gasteiger partial charge in [0.25, 0.3) is 0 Å². The third-order valence-electron chi connectivity index (χ3n) is 5.47. The highest BCUT2D eigenvalue weighted by Gasteiger charge is 2.45. The van der Waals surface area contributed by atoms with Gasteiger partial charge in [-0.3, -0.25) is 4.67 Å². The van der Waals surface area contributed by atoms with Gasteiger partial charge in [0, 0.05) is 43.0 Å². The lowest BCUT2D eigenvalue weighted by molar-refractivity contribution is 0.0747. The number of benzene rings is 2. The molecule has 0 N–H and O–H groups in total. The molecule has 2 heterocycles. The number of carbonyl (C=O) groups is 1. The number of fused-ring (bicyclic) bond motifs is 1. The first-order valence-electron chi connectivity index (χ1n) is 10.1. The highest BCUT2D eigenvalue weighted by Crippen LogP contribution is 2.59. The van der Waals surface area contributed by atoms with E-state index < -0.39 is 12.4 Å². The lowest BCUT2D eigenvalue weighted by atomic mass is 10.2. The summed E-state index contributed by atoms with van der Waals surface area (Å²) >= 11 is 12.4. The first kappa shape index (κ1) is 21.6. The van der Waals surface area contributed by atoms with Crippen LogP contribution in [0.25, 0.3) is 0 Å². The van der Waals surface area contributed by atoms with E-state index in [-0.39, 0.29) is 0 Å². The van der Waals surface area contributed by atoms with Crippen molar-refractivity contribution < 1.29 is 14.3 Å². The average molecular weight is 466 g/mol. The Labute approximate surface area is 187 Å². The van der Waals surface area contributed by atoms with E-state index in [0.717, 1.165) is 24.1 Å². The molecular formula is C21H25ClN3O3PS. The predicted octanol–water partition coefficient (Wildman–Crippen LogP) is 4.47. The highest BCUT2D eigenvalue weighted by atomic mass is 35.5. The third-order valence-corrected chi connectivity index (χ3v) is 10.6. The fraction of sp³-hybridized carbons (Fsp3) is 0.381. The molecule has 0 unspecified atom stereocenters. The fourth-order valence-corrected chi connectivity index (χ4v) is 8.32. The maximum Gasteiger partial charge on any atom is 0.424 e. The largest absolute Gasteiger partial charge is 0.424 e. The minimum atomic E-state index is -2.67. The van der Waals surface area contributed by atoms with Crippen LogP contribution in [-0.4, -0.2) is 50.2 Å². The van der Waals surface area contributed by atoms with E-state index in [0.29, 0.717) is 42.8 Å². The summed E-state index contributed by atoms with van der Waals surface area (Å²) < 4.78 is 15.3. The van der Waals surface area contributed by atoms with Crippen molar-refractivity contribution in [3.8, 4) is 5.75 Å². The Hall–Kier alpha value is -1.63. The van der Waals surface area contributed by atoms with Crippen LogP contribution >= 0.6 is 17.9 Å². The molecule has 2 aromatic carbocycles. The summed E-state index contributed by atoms with van der Waals surface area (Å²) in [4.78, 5) is 15.5. The Morgan fingerprint density at radius 2 is 1.77 bits per heavy atom. The van der Waals surface area contributed by atoms with Gasteiger partial charge in [-0.15, -0.1) is 0 Å². The van der Waals surface area contributed by atoms with Gasteiger partial charge in [-0.1, -0.05) is 23.4 Å². The normalized spacial score (nSPS) is 21.8. The van der Waals surface area contributed by atoms with E-state index in [2.05, 4.69) is 29.5 Å². The van der Waals surface area contributed by atoms with Crippen LogP contribution in [-0.2, 0) is 16.5 Å². The lowest BCUT2D eigenvalue weighted by Crippen LogP contribution is -2.48. The number of rotatable bonds is 5. The van der Waals surface area contributed by atoms with Crippen molar-refractivity contribution >= 4 is 52.5 Å². The number of morpholine rings is 1. The zero-order chi connectivity index (χ0) is 21.3. The van der Waals surface area contributed by atoms with Crippen molar-refractivity contribution in [2.45, 2.75) is 13.8 Å². The number of halogens is 1. The molecule has 0 radical (unpaired) electrons. The second kappa shape index (κ2) is 8.85. The molecule has 0 bridgehead atoms. The van der Waals surface area contributed by atoms with Crippen LogP contribution in [0, 0.1) is 0 Å². The van der Waals surface area contributed by atoms with E-state index in [9.17, 15) is 4.79 Å². The van der Waals surface area contributed by atoms with Crippen LogP contribution in [0.1, 0.15) is 13.8 Å². The van der Waals surface area contributed by atoms with E-state index in [1.54, 1.807) is 16.8 Å². The van der Waals surface area contributed by atoms with Crippen LogP contribution in [0.2, 0.25) is 5.02 Å². The first-order valence-corrected chi connectivity index (χ1v) is 13.2. The number of hydrogen-bond donors (Lipinski definition) is 0. The number of amides is 1. The van der Waals surface area contributed by atoms with Crippen LogP contribution in [0.15, 0.2) is 42.5 Å². The van der Waals surface area contributed by atoms with Crippen LogP contribution in [0.3, 0.4) is 0 Å². The van der Waals surface area contributed by atoms with Gasteiger partial charge in [-0.25, -0.2) is 9.46 Å². The number of hydrogen-bond acceptors (Lipinski definition) is 5. The summed E-state index contributed by atoms with van der Waals surface area (Å²) in [5.41, 5.74) is 1.72. The molecule has 2 aliphatic rings. The molecule has 0 aliphatic carbocycles. The van der Waals surface area contributed by atoms with Crippen LogP contribution in [0.4, 0.5) is 16.2 Å². The molecule has 30 heavy (non-hydrogen) atoms. The van der Waals surface area contributed by atoms with Crippen molar-refractivity contribution in [1.29, 1.82) is 0 Å². The average Bonchev–Trinajstić information content (AvgIpc) is 2.76. The number of nitrogens with zero attached hydrogens (tertiary/aromatic N) is 3. The Bertz CT molecular complexity index is 978. The Kier molecular flexibility index (Phi) is 6.37. The molecular weight excluding hydrogens is 441 g/mol. The molecule has 0 spiro atoms. The summed E-state index contributed by atoms with van der Waals surface area (Å²) in [5, 5.41) is 1.50. The monoisotopic (exact) mass is 465 g/mol. The fourth-order valence-electron chi connectivity index (χ4n) is 3.91. The van der Waals surface area contributed by atoms with Gasteiger partial charge < -0.3 is 14.4 Å². The predicted molar refractivity (Wildman–Crippen MR) is 126 cm³/mol. The molecule has 2 aromatic rings. The van der Waals surface area contributed by atoms with Gasteiger partial charge >= 0.3 is 6.09 Å². The van der Waals surface area contributed by atoms with Crippen molar-refractivity contribution in [3.63, 3.8) is 0 Å². The maximum atomic E-state index is 13.3. The maximum absolute atomic E-state index is 13.3.